The van der Waals surface area contributed by atoms with Crippen LogP contribution in [0.4, 0.5) is 8.78 Å². The van der Waals surface area contributed by atoms with Crippen LogP contribution in [0.25, 0.3) is 0 Å². The number of hydrogen-bond acceptors (Lipinski definition) is 4. The molecule has 1 saturated carbocycles. The molecule has 2 fully saturated rings. The van der Waals surface area contributed by atoms with Crippen LogP contribution in [0.5, 0.6) is 0 Å². The molecule has 1 aliphatic heterocycles. The first kappa shape index (κ1) is 22.6. The van der Waals surface area contributed by atoms with Crippen molar-refractivity contribution in [2.24, 2.45) is 17.8 Å². The van der Waals surface area contributed by atoms with Crippen LogP contribution >= 0.6 is 0 Å². The van der Waals surface area contributed by atoms with Crippen LogP contribution in [0.2, 0.25) is 0 Å². The highest BCUT2D eigenvalue weighted by atomic mass is 19.3. The number of rotatable bonds is 7. The molecule has 28 heavy (non-hydrogen) atoms. The molecule has 6 atom stereocenters. The molecule has 0 aromatic rings. The SMILES string of the molecule is CCC#CC[C@H](C)[C@H](O)/C=C/[C@@H]1[C@@H]2[C@H](C[C@H]1O)O/C(=C(/[C]=O)CCC)C2(F)F. The summed E-state index contributed by atoms with van der Waals surface area (Å²) in [4.78, 5) is 11.1. The number of aliphatic hydroxyl groups excluding tert-OH is 2. The Morgan fingerprint density at radius 1 is 1.39 bits per heavy atom. The van der Waals surface area contributed by atoms with E-state index in [0.717, 1.165) is 6.42 Å². The minimum atomic E-state index is -3.36. The van der Waals surface area contributed by atoms with E-state index >= 15 is 8.78 Å². The van der Waals surface area contributed by atoms with Crippen LogP contribution < -0.4 is 0 Å². The van der Waals surface area contributed by atoms with E-state index in [0.29, 0.717) is 12.8 Å². The largest absolute Gasteiger partial charge is 0.487 e. The summed E-state index contributed by atoms with van der Waals surface area (Å²) in [5.74, 6) is -0.350. The van der Waals surface area contributed by atoms with Crippen LogP contribution in [0.1, 0.15) is 52.9 Å². The maximum atomic E-state index is 15.0. The van der Waals surface area contributed by atoms with Gasteiger partial charge in [0.05, 0.1) is 18.1 Å². The van der Waals surface area contributed by atoms with E-state index in [1.807, 2.05) is 13.8 Å². The van der Waals surface area contributed by atoms with Gasteiger partial charge in [0.2, 0.25) is 6.29 Å². The molecular formula is C22H29F2O4. The van der Waals surface area contributed by atoms with Crippen molar-refractivity contribution in [3.8, 4) is 11.8 Å². The zero-order valence-electron chi connectivity index (χ0n) is 16.6. The van der Waals surface area contributed by atoms with E-state index < -0.39 is 41.8 Å². The van der Waals surface area contributed by atoms with Gasteiger partial charge in [-0.25, -0.2) is 0 Å². The van der Waals surface area contributed by atoms with Gasteiger partial charge in [-0.1, -0.05) is 39.3 Å². The Morgan fingerprint density at radius 2 is 2.11 bits per heavy atom. The smallest absolute Gasteiger partial charge is 0.311 e. The number of allylic oxidation sites excluding steroid dienone is 2. The topological polar surface area (TPSA) is 66.8 Å². The first-order valence-corrected chi connectivity index (χ1v) is 9.94. The van der Waals surface area contributed by atoms with Crippen molar-refractivity contribution in [2.45, 2.75) is 77.1 Å². The fraction of sp³-hybridized carbons (Fsp3) is 0.682. The number of halogens is 2. The fourth-order valence-electron chi connectivity index (χ4n) is 3.90. The molecule has 6 heteroatoms. The van der Waals surface area contributed by atoms with E-state index in [4.69, 9.17) is 4.74 Å². The Bertz CT molecular complexity index is 674. The maximum Gasteiger partial charge on any atom is 0.311 e. The molecule has 1 saturated heterocycles. The Kier molecular flexibility index (Phi) is 7.79. The van der Waals surface area contributed by atoms with Crippen molar-refractivity contribution >= 4 is 6.29 Å². The Hall–Kier alpha value is -1.71. The molecule has 1 heterocycles. The number of hydrogen-bond donors (Lipinski definition) is 2. The number of alkyl halides is 2. The summed E-state index contributed by atoms with van der Waals surface area (Å²) >= 11 is 0. The summed E-state index contributed by atoms with van der Waals surface area (Å²) < 4.78 is 35.5. The van der Waals surface area contributed by atoms with Crippen LogP contribution in [0.3, 0.4) is 0 Å². The molecule has 1 aliphatic carbocycles. The molecule has 2 N–H and O–H groups in total. The van der Waals surface area contributed by atoms with E-state index in [2.05, 4.69) is 11.8 Å². The van der Waals surface area contributed by atoms with Gasteiger partial charge in [0.25, 0.3) is 0 Å². The van der Waals surface area contributed by atoms with Crippen LogP contribution in [-0.4, -0.2) is 40.7 Å². The van der Waals surface area contributed by atoms with Gasteiger partial charge in [-0.15, -0.1) is 11.8 Å². The van der Waals surface area contributed by atoms with E-state index in [9.17, 15) is 15.0 Å². The van der Waals surface area contributed by atoms with Crippen molar-refractivity contribution in [2.75, 3.05) is 0 Å². The normalized spacial score (nSPS) is 32.2. The van der Waals surface area contributed by atoms with E-state index in [1.54, 1.807) is 13.2 Å². The fourth-order valence-corrected chi connectivity index (χ4v) is 3.90. The van der Waals surface area contributed by atoms with Crippen LogP contribution in [0, 0.1) is 29.6 Å². The molecule has 2 rings (SSSR count). The number of carbonyl (C=O) groups excluding carboxylic acids is 1. The zero-order chi connectivity index (χ0) is 20.9. The van der Waals surface area contributed by atoms with Crippen LogP contribution in [-0.2, 0) is 9.53 Å². The molecule has 0 aromatic heterocycles. The number of aliphatic hydroxyl groups is 2. The molecule has 2 aliphatic rings. The van der Waals surface area contributed by atoms with Crippen molar-refractivity contribution < 1.29 is 28.5 Å². The second-order valence-electron chi connectivity index (χ2n) is 7.61. The molecule has 0 unspecified atom stereocenters. The highest BCUT2D eigenvalue weighted by Gasteiger charge is 2.64. The Balaban J connectivity index is 2.19. The summed E-state index contributed by atoms with van der Waals surface area (Å²) in [5.41, 5.74) is -0.137. The minimum absolute atomic E-state index is 0.0602. The summed E-state index contributed by atoms with van der Waals surface area (Å²) in [6.07, 6.45) is 3.83. The molecule has 155 valence electrons. The third kappa shape index (κ3) is 4.64. The lowest BCUT2D eigenvalue weighted by Gasteiger charge is -2.23. The minimum Gasteiger partial charge on any atom is -0.487 e. The zero-order valence-corrected chi connectivity index (χ0v) is 16.6. The molecular weight excluding hydrogens is 366 g/mol. The Morgan fingerprint density at radius 3 is 2.71 bits per heavy atom. The second-order valence-corrected chi connectivity index (χ2v) is 7.61. The molecule has 0 bridgehead atoms. The second kappa shape index (κ2) is 9.67. The van der Waals surface area contributed by atoms with Crippen molar-refractivity contribution in [1.29, 1.82) is 0 Å². The standard InChI is InChI=1S/C22H29F2O4/c1-4-6-7-9-14(3)17(26)11-10-16-18(27)12-19-20(16)22(23,24)21(28-19)15(13-25)8-5-2/h10-11,14,16-20,26-27H,4-5,8-9,12H2,1-3H3/b11-10+,21-15+/t14-,16-,17+,18+,19-,20+/m0/s1. The molecule has 0 spiro atoms. The lowest BCUT2D eigenvalue weighted by molar-refractivity contribution is -0.0278. The highest BCUT2D eigenvalue weighted by Crippen LogP contribution is 2.55. The number of fused-ring (bicyclic) bond motifs is 1. The predicted molar refractivity (Wildman–Crippen MR) is 102 cm³/mol. The van der Waals surface area contributed by atoms with E-state index in [1.165, 1.54) is 12.2 Å². The van der Waals surface area contributed by atoms with Gasteiger partial charge in [0, 0.05) is 30.8 Å². The van der Waals surface area contributed by atoms with Crippen molar-refractivity contribution in [3.05, 3.63) is 23.5 Å². The van der Waals surface area contributed by atoms with Crippen LogP contribution in [0.15, 0.2) is 23.5 Å². The predicted octanol–water partition coefficient (Wildman–Crippen LogP) is 3.54. The number of ether oxygens (including phenoxy) is 1. The highest BCUT2D eigenvalue weighted by molar-refractivity contribution is 5.75. The average molecular weight is 395 g/mol. The summed E-state index contributed by atoms with van der Waals surface area (Å²) in [5, 5.41) is 20.5. The monoisotopic (exact) mass is 395 g/mol. The molecule has 1 radical (unpaired) electrons. The quantitative estimate of drug-likeness (QED) is 0.393. The van der Waals surface area contributed by atoms with Crippen molar-refractivity contribution in [3.63, 3.8) is 0 Å². The summed E-state index contributed by atoms with van der Waals surface area (Å²) in [6, 6.07) is 0. The van der Waals surface area contributed by atoms with Gasteiger partial charge in [-0.05, 0) is 12.3 Å². The summed E-state index contributed by atoms with van der Waals surface area (Å²) in [6.45, 7) is 5.56. The molecule has 0 aromatic carbocycles. The first-order chi connectivity index (χ1) is 13.3. The van der Waals surface area contributed by atoms with Gasteiger partial charge >= 0.3 is 5.92 Å². The van der Waals surface area contributed by atoms with Gasteiger partial charge < -0.3 is 14.9 Å². The van der Waals surface area contributed by atoms with Gasteiger partial charge in [-0.3, -0.25) is 4.79 Å². The molecule has 4 nitrogen and oxygen atoms in total. The third-order valence-electron chi connectivity index (χ3n) is 5.46. The third-order valence-corrected chi connectivity index (χ3v) is 5.46. The maximum absolute atomic E-state index is 15.0. The van der Waals surface area contributed by atoms with Crippen molar-refractivity contribution in [1.82, 2.24) is 0 Å². The van der Waals surface area contributed by atoms with Gasteiger partial charge in [-0.2, -0.15) is 8.78 Å². The lowest BCUT2D eigenvalue weighted by Crippen LogP contribution is -2.33. The van der Waals surface area contributed by atoms with Gasteiger partial charge in [0.15, 0.2) is 5.76 Å². The summed E-state index contributed by atoms with van der Waals surface area (Å²) in [7, 11) is 0. The average Bonchev–Trinajstić information content (AvgIpc) is 3.10. The molecule has 0 amide bonds. The first-order valence-electron chi connectivity index (χ1n) is 9.94. The Labute approximate surface area is 165 Å². The lowest BCUT2D eigenvalue weighted by atomic mass is 9.86. The van der Waals surface area contributed by atoms with E-state index in [-0.39, 0.29) is 24.3 Å². The van der Waals surface area contributed by atoms with Gasteiger partial charge in [0.1, 0.15) is 6.10 Å².